The standard InChI is InChI=1S/C83H162O17P2/c1-8-9-10-11-12-13-14-29-36-43-50-57-64-80(85)93-70-78(100-83(88)67-60-53-46-39-32-25-24-28-35-42-49-56-63-76(6)7)72-97-101(89,90)95-68-77(84)69-96-102(91,92)98-73-79(71-94-81(86)65-58-51-44-37-30-23-19-21-27-34-41-48-55-62-75(4)5)99-82(87)66-59-52-45-38-31-22-18-16-15-17-20-26-33-40-47-54-61-74(2)3/h74-79,84H,8-73H2,1-7H3,(H,89,90)(H,91,92)/t77-,78+,79+/m0/s1. The minimum absolute atomic E-state index is 0.107. The molecule has 2 unspecified atom stereocenters. The molecule has 0 aliphatic heterocycles. The Balaban J connectivity index is 5.26. The second-order valence-corrected chi connectivity index (χ2v) is 34.2. The van der Waals surface area contributed by atoms with Crippen LogP contribution in [0.1, 0.15) is 434 Å². The minimum Gasteiger partial charge on any atom is -0.462 e. The van der Waals surface area contributed by atoms with Crippen molar-refractivity contribution >= 4 is 39.5 Å². The third-order valence-corrected chi connectivity index (χ3v) is 21.3. The highest BCUT2D eigenvalue weighted by Gasteiger charge is 2.30. The Kier molecular flexibility index (Phi) is 71.8. The molecule has 5 atom stereocenters. The summed E-state index contributed by atoms with van der Waals surface area (Å²) in [5.41, 5.74) is 0. The number of hydrogen-bond acceptors (Lipinski definition) is 15. The number of carbonyl (C=O) groups is 4. The number of rotatable bonds is 81. The molecule has 606 valence electrons. The first-order valence-corrected chi connectivity index (χ1v) is 45.8. The second-order valence-electron chi connectivity index (χ2n) is 31.3. The van der Waals surface area contributed by atoms with Gasteiger partial charge in [0, 0.05) is 25.7 Å². The third-order valence-electron chi connectivity index (χ3n) is 19.4. The Hall–Kier alpha value is -1.94. The second kappa shape index (κ2) is 73.2. The number of phosphoric ester groups is 2. The number of phosphoric acid groups is 2. The zero-order valence-corrected chi connectivity index (χ0v) is 68.9. The molecular formula is C83H162O17P2. The lowest BCUT2D eigenvalue weighted by molar-refractivity contribution is -0.161. The predicted octanol–water partition coefficient (Wildman–Crippen LogP) is 24.9. The highest BCUT2D eigenvalue weighted by molar-refractivity contribution is 7.47. The molecule has 0 fully saturated rings. The number of ether oxygens (including phenoxy) is 4. The van der Waals surface area contributed by atoms with Crippen LogP contribution in [0.2, 0.25) is 0 Å². The van der Waals surface area contributed by atoms with Crippen LogP contribution < -0.4 is 0 Å². The molecular weight excluding hydrogens is 1330 g/mol. The van der Waals surface area contributed by atoms with Gasteiger partial charge in [0.05, 0.1) is 26.4 Å². The zero-order valence-electron chi connectivity index (χ0n) is 67.1. The van der Waals surface area contributed by atoms with E-state index in [2.05, 4.69) is 48.5 Å². The fourth-order valence-corrected chi connectivity index (χ4v) is 14.4. The van der Waals surface area contributed by atoms with E-state index in [1.807, 2.05) is 0 Å². The number of esters is 4. The van der Waals surface area contributed by atoms with E-state index >= 15 is 0 Å². The lowest BCUT2D eigenvalue weighted by atomic mass is 10.0. The van der Waals surface area contributed by atoms with E-state index in [4.69, 9.17) is 37.0 Å². The topological polar surface area (TPSA) is 237 Å². The van der Waals surface area contributed by atoms with Crippen molar-refractivity contribution in [3.05, 3.63) is 0 Å². The molecule has 0 bridgehead atoms. The molecule has 0 aliphatic carbocycles. The van der Waals surface area contributed by atoms with E-state index in [-0.39, 0.29) is 25.7 Å². The molecule has 17 nitrogen and oxygen atoms in total. The maximum atomic E-state index is 13.1. The monoisotopic (exact) mass is 1490 g/mol. The largest absolute Gasteiger partial charge is 0.472 e. The number of aliphatic hydroxyl groups is 1. The first-order valence-electron chi connectivity index (χ1n) is 42.8. The molecule has 0 rings (SSSR count). The summed E-state index contributed by atoms with van der Waals surface area (Å²) in [6.45, 7) is 12.0. The van der Waals surface area contributed by atoms with Gasteiger partial charge in [0.1, 0.15) is 19.3 Å². The van der Waals surface area contributed by atoms with E-state index in [9.17, 15) is 43.2 Å². The van der Waals surface area contributed by atoms with E-state index in [0.29, 0.717) is 25.7 Å². The summed E-state index contributed by atoms with van der Waals surface area (Å²) in [4.78, 5) is 73.1. The van der Waals surface area contributed by atoms with Gasteiger partial charge in [0.25, 0.3) is 0 Å². The average molecular weight is 1490 g/mol. The highest BCUT2D eigenvalue weighted by Crippen LogP contribution is 2.45. The fourth-order valence-electron chi connectivity index (χ4n) is 12.8. The van der Waals surface area contributed by atoms with Gasteiger partial charge in [-0.15, -0.1) is 0 Å². The molecule has 0 aromatic rings. The molecule has 0 saturated carbocycles. The highest BCUT2D eigenvalue weighted by atomic mass is 31.2. The molecule has 0 heterocycles. The smallest absolute Gasteiger partial charge is 0.462 e. The SMILES string of the molecule is CCCCCCCCCCCCCCC(=O)OC[C@H](COP(=O)(O)OC[C@H](O)COP(=O)(O)OC[C@@H](COC(=O)CCCCCCCCCCCCCCCC(C)C)OC(=O)CCCCCCCCCCCCCCCCCCC(C)C)OC(=O)CCCCCCCCCCCCCCC(C)C. The first kappa shape index (κ1) is 100. The van der Waals surface area contributed by atoms with Crippen molar-refractivity contribution in [1.82, 2.24) is 0 Å². The number of aliphatic hydroxyl groups excluding tert-OH is 1. The van der Waals surface area contributed by atoms with Gasteiger partial charge in [0.15, 0.2) is 12.2 Å². The van der Waals surface area contributed by atoms with Crippen LogP contribution in [0.15, 0.2) is 0 Å². The van der Waals surface area contributed by atoms with Crippen LogP contribution in [-0.4, -0.2) is 96.7 Å². The number of unbranched alkanes of at least 4 members (excludes halogenated alkanes) is 49. The first-order chi connectivity index (χ1) is 49.2. The molecule has 0 aromatic carbocycles. The molecule has 0 aromatic heterocycles. The van der Waals surface area contributed by atoms with Crippen molar-refractivity contribution < 1.29 is 80.2 Å². The van der Waals surface area contributed by atoms with Crippen molar-refractivity contribution in [2.24, 2.45) is 17.8 Å². The van der Waals surface area contributed by atoms with Crippen LogP contribution in [-0.2, 0) is 65.4 Å². The van der Waals surface area contributed by atoms with Crippen molar-refractivity contribution in [1.29, 1.82) is 0 Å². The number of carbonyl (C=O) groups excluding carboxylic acids is 4. The normalized spacial score (nSPS) is 13.9. The van der Waals surface area contributed by atoms with Crippen molar-refractivity contribution in [3.63, 3.8) is 0 Å². The molecule has 0 radical (unpaired) electrons. The summed E-state index contributed by atoms with van der Waals surface area (Å²) in [6, 6.07) is 0. The van der Waals surface area contributed by atoms with Crippen LogP contribution in [0.4, 0.5) is 0 Å². The lowest BCUT2D eigenvalue weighted by Crippen LogP contribution is -2.30. The van der Waals surface area contributed by atoms with Gasteiger partial charge < -0.3 is 33.8 Å². The lowest BCUT2D eigenvalue weighted by Gasteiger charge is -2.21. The zero-order chi connectivity index (χ0) is 75.1. The Bertz CT molecular complexity index is 1970. The number of hydrogen-bond donors (Lipinski definition) is 3. The Morgan fingerprint density at radius 3 is 0.667 bits per heavy atom. The molecule has 3 N–H and O–H groups in total. The van der Waals surface area contributed by atoms with Gasteiger partial charge in [-0.3, -0.25) is 37.3 Å². The summed E-state index contributed by atoms with van der Waals surface area (Å²) >= 11 is 0. The van der Waals surface area contributed by atoms with Crippen LogP contribution >= 0.6 is 15.6 Å². The summed E-state index contributed by atoms with van der Waals surface area (Å²) < 4.78 is 68.8. The van der Waals surface area contributed by atoms with Gasteiger partial charge >= 0.3 is 39.5 Å². The van der Waals surface area contributed by atoms with Crippen LogP contribution in [0.25, 0.3) is 0 Å². The molecule has 19 heteroatoms. The summed E-state index contributed by atoms with van der Waals surface area (Å²) in [7, 11) is -9.92. The Labute approximate surface area is 626 Å². The van der Waals surface area contributed by atoms with Gasteiger partial charge in [-0.25, -0.2) is 9.13 Å². The van der Waals surface area contributed by atoms with Gasteiger partial charge in [0.2, 0.25) is 0 Å². The van der Waals surface area contributed by atoms with Crippen LogP contribution in [0, 0.1) is 17.8 Å². The third kappa shape index (κ3) is 76.3. The Morgan fingerprint density at radius 2 is 0.451 bits per heavy atom. The molecule has 0 spiro atoms. The Morgan fingerprint density at radius 1 is 0.265 bits per heavy atom. The maximum Gasteiger partial charge on any atom is 0.472 e. The predicted molar refractivity (Wildman–Crippen MR) is 418 cm³/mol. The fraction of sp³-hybridized carbons (Fsp3) is 0.952. The van der Waals surface area contributed by atoms with Gasteiger partial charge in [-0.2, -0.15) is 0 Å². The molecule has 0 saturated heterocycles. The van der Waals surface area contributed by atoms with Crippen molar-refractivity contribution in [2.75, 3.05) is 39.6 Å². The maximum absolute atomic E-state index is 13.1. The van der Waals surface area contributed by atoms with Gasteiger partial charge in [-0.1, -0.05) is 382 Å². The van der Waals surface area contributed by atoms with E-state index in [1.165, 1.54) is 244 Å². The van der Waals surface area contributed by atoms with Crippen LogP contribution in [0.3, 0.4) is 0 Å². The summed E-state index contributed by atoms with van der Waals surface area (Å²) in [5, 5.41) is 10.7. The molecule has 102 heavy (non-hydrogen) atoms. The minimum atomic E-state index is -4.96. The van der Waals surface area contributed by atoms with Crippen LogP contribution in [0.5, 0.6) is 0 Å². The summed E-state index contributed by atoms with van der Waals surface area (Å²) in [6.07, 6.45) is 62.3. The quantitative estimate of drug-likeness (QED) is 0.0222. The van der Waals surface area contributed by atoms with E-state index < -0.39 is 97.5 Å². The van der Waals surface area contributed by atoms with E-state index in [1.54, 1.807) is 0 Å². The average Bonchev–Trinajstić information content (AvgIpc) is 0.927. The van der Waals surface area contributed by atoms with Crippen molar-refractivity contribution in [3.8, 4) is 0 Å². The van der Waals surface area contributed by atoms with E-state index in [0.717, 1.165) is 108 Å². The molecule has 0 amide bonds. The van der Waals surface area contributed by atoms with Crippen molar-refractivity contribution in [2.45, 2.75) is 452 Å². The van der Waals surface area contributed by atoms with Gasteiger partial charge in [-0.05, 0) is 43.4 Å². The molecule has 0 aliphatic rings. The summed E-state index contributed by atoms with van der Waals surface area (Å²) in [5.74, 6) is 0.271.